The molecule has 1 aromatic carbocycles. The number of amides is 1. The van der Waals surface area contributed by atoms with Crippen LogP contribution in [-0.2, 0) is 11.2 Å². The molecule has 4 nitrogen and oxygen atoms in total. The van der Waals surface area contributed by atoms with E-state index >= 15 is 0 Å². The van der Waals surface area contributed by atoms with Crippen LogP contribution >= 0.6 is 0 Å². The number of likely N-dealkylation sites (tertiary alicyclic amines) is 1. The number of benzene rings is 1. The van der Waals surface area contributed by atoms with Gasteiger partial charge in [-0.2, -0.15) is 13.2 Å². The lowest BCUT2D eigenvalue weighted by atomic mass is 9.83. The monoisotopic (exact) mass is 438 g/mol. The number of hydrogen-bond acceptors (Lipinski definition) is 3. The van der Waals surface area contributed by atoms with Gasteiger partial charge in [0.05, 0.1) is 12.5 Å². The zero-order chi connectivity index (χ0) is 22.6. The zero-order valence-corrected chi connectivity index (χ0v) is 18.7. The van der Waals surface area contributed by atoms with E-state index in [2.05, 4.69) is 24.8 Å². The predicted octanol–water partition coefficient (Wildman–Crippen LogP) is 4.78. The van der Waals surface area contributed by atoms with Crippen LogP contribution in [0.5, 0.6) is 5.75 Å². The van der Waals surface area contributed by atoms with Crippen LogP contribution in [0.15, 0.2) is 23.8 Å². The topological polar surface area (TPSA) is 32.8 Å². The molecule has 7 heteroatoms. The van der Waals surface area contributed by atoms with E-state index in [0.717, 1.165) is 44.6 Å². The van der Waals surface area contributed by atoms with E-state index in [4.69, 9.17) is 4.74 Å². The highest BCUT2D eigenvalue weighted by molar-refractivity contribution is 5.80. The van der Waals surface area contributed by atoms with E-state index in [-0.39, 0.29) is 24.9 Å². The molecule has 1 saturated heterocycles. The average molecular weight is 439 g/mol. The first kappa shape index (κ1) is 23.6. The molecule has 0 radical (unpaired) electrons. The van der Waals surface area contributed by atoms with E-state index in [0.29, 0.717) is 11.7 Å². The predicted molar refractivity (Wildman–Crippen MR) is 116 cm³/mol. The summed E-state index contributed by atoms with van der Waals surface area (Å²) < 4.78 is 42.3. The zero-order valence-electron chi connectivity index (χ0n) is 18.7. The van der Waals surface area contributed by atoms with Crippen molar-refractivity contribution in [1.29, 1.82) is 0 Å². The molecule has 1 aromatic rings. The second kappa shape index (κ2) is 10.1. The fourth-order valence-electron chi connectivity index (χ4n) is 4.33. The molecule has 0 aromatic heterocycles. The Morgan fingerprint density at radius 2 is 2.03 bits per heavy atom. The Morgan fingerprint density at radius 1 is 1.29 bits per heavy atom. The molecule has 1 atom stereocenters. The molecule has 172 valence electrons. The molecule has 31 heavy (non-hydrogen) atoms. The van der Waals surface area contributed by atoms with Gasteiger partial charge in [0.2, 0.25) is 5.91 Å². The maximum absolute atomic E-state index is 12.4. The fourth-order valence-corrected chi connectivity index (χ4v) is 4.33. The number of hydrogen-bond donors (Lipinski definition) is 0. The van der Waals surface area contributed by atoms with Crippen molar-refractivity contribution in [2.45, 2.75) is 45.7 Å². The summed E-state index contributed by atoms with van der Waals surface area (Å²) in [4.78, 5) is 16.5. The van der Waals surface area contributed by atoms with Crippen molar-refractivity contribution in [2.24, 2.45) is 11.8 Å². The number of rotatable bonds is 9. The molecular weight excluding hydrogens is 405 g/mol. The van der Waals surface area contributed by atoms with Crippen LogP contribution in [0.2, 0.25) is 0 Å². The Kier molecular flexibility index (Phi) is 7.68. The standard InChI is InChI=1S/C24H33F3N2O2/c1-4-9-28(3)23(30)21-15-29(16-21)14-20-12-18-6-7-22(13-19(18)11-17(20)2)31-10-5-8-24(25,26)27/h6-7,12-13,17,21H,4-5,8-11,14-16H2,1-3H3/t17-/m0/s1. The molecule has 1 aliphatic heterocycles. The first-order valence-corrected chi connectivity index (χ1v) is 11.2. The van der Waals surface area contributed by atoms with Crippen LogP contribution in [-0.4, -0.2) is 61.7 Å². The summed E-state index contributed by atoms with van der Waals surface area (Å²) in [6, 6.07) is 5.77. The van der Waals surface area contributed by atoms with Gasteiger partial charge in [0.1, 0.15) is 5.75 Å². The third-order valence-electron chi connectivity index (χ3n) is 6.14. The Bertz CT molecular complexity index is 801. The lowest BCUT2D eigenvalue weighted by molar-refractivity contribution is -0.139. The summed E-state index contributed by atoms with van der Waals surface area (Å²) in [5.41, 5.74) is 3.67. The van der Waals surface area contributed by atoms with Gasteiger partial charge < -0.3 is 9.64 Å². The van der Waals surface area contributed by atoms with Crippen molar-refractivity contribution >= 4 is 12.0 Å². The van der Waals surface area contributed by atoms with E-state index in [1.54, 1.807) is 0 Å². The van der Waals surface area contributed by atoms with Gasteiger partial charge in [0.25, 0.3) is 0 Å². The molecule has 0 spiro atoms. The van der Waals surface area contributed by atoms with Gasteiger partial charge in [-0.1, -0.05) is 31.6 Å². The van der Waals surface area contributed by atoms with Crippen LogP contribution in [0.4, 0.5) is 13.2 Å². The number of alkyl halides is 3. The molecule has 1 aliphatic carbocycles. The van der Waals surface area contributed by atoms with Gasteiger partial charge in [0, 0.05) is 39.6 Å². The van der Waals surface area contributed by atoms with E-state index in [9.17, 15) is 18.0 Å². The van der Waals surface area contributed by atoms with E-state index in [1.807, 2.05) is 30.1 Å². The Labute approximate surface area is 183 Å². The average Bonchev–Trinajstić information content (AvgIpc) is 2.67. The van der Waals surface area contributed by atoms with Crippen molar-refractivity contribution in [3.63, 3.8) is 0 Å². The quantitative estimate of drug-likeness (QED) is 0.520. The summed E-state index contributed by atoms with van der Waals surface area (Å²) in [7, 11) is 1.88. The largest absolute Gasteiger partial charge is 0.494 e. The highest BCUT2D eigenvalue weighted by Gasteiger charge is 2.35. The molecule has 2 aliphatic rings. The minimum atomic E-state index is -4.13. The third-order valence-corrected chi connectivity index (χ3v) is 6.14. The second-order valence-electron chi connectivity index (χ2n) is 8.90. The summed E-state index contributed by atoms with van der Waals surface area (Å²) in [6.45, 7) is 7.65. The maximum atomic E-state index is 12.4. The number of carbonyl (C=O) groups excluding carboxylic acids is 1. The minimum absolute atomic E-state index is 0.0331. The molecular formula is C24H33F3N2O2. The van der Waals surface area contributed by atoms with Crippen LogP contribution in [0.3, 0.4) is 0 Å². The van der Waals surface area contributed by atoms with Crippen molar-refractivity contribution in [2.75, 3.05) is 39.8 Å². The van der Waals surface area contributed by atoms with Crippen molar-refractivity contribution in [1.82, 2.24) is 9.80 Å². The van der Waals surface area contributed by atoms with Crippen LogP contribution in [0.25, 0.3) is 6.08 Å². The second-order valence-corrected chi connectivity index (χ2v) is 8.90. The first-order chi connectivity index (χ1) is 14.7. The van der Waals surface area contributed by atoms with E-state index < -0.39 is 12.6 Å². The van der Waals surface area contributed by atoms with Gasteiger partial charge in [-0.25, -0.2) is 0 Å². The van der Waals surface area contributed by atoms with E-state index in [1.165, 1.54) is 11.1 Å². The van der Waals surface area contributed by atoms with Crippen molar-refractivity contribution in [3.05, 3.63) is 34.9 Å². The molecule has 1 heterocycles. The summed E-state index contributed by atoms with van der Waals surface area (Å²) in [5.74, 6) is 1.37. The van der Waals surface area contributed by atoms with Gasteiger partial charge in [-0.3, -0.25) is 9.69 Å². The van der Waals surface area contributed by atoms with Gasteiger partial charge in [0.15, 0.2) is 0 Å². The third kappa shape index (κ3) is 6.48. The number of nitrogens with zero attached hydrogens (tertiary/aromatic N) is 2. The van der Waals surface area contributed by atoms with Crippen LogP contribution in [0, 0.1) is 11.8 Å². The Morgan fingerprint density at radius 3 is 2.71 bits per heavy atom. The van der Waals surface area contributed by atoms with Crippen LogP contribution in [0.1, 0.15) is 44.2 Å². The molecule has 0 bridgehead atoms. The lowest BCUT2D eigenvalue weighted by Crippen LogP contribution is -2.54. The van der Waals surface area contributed by atoms with Crippen molar-refractivity contribution in [3.8, 4) is 5.75 Å². The molecule has 1 amide bonds. The lowest BCUT2D eigenvalue weighted by Gasteiger charge is -2.41. The summed E-state index contributed by atoms with van der Waals surface area (Å²) >= 11 is 0. The number of fused-ring (bicyclic) bond motifs is 1. The molecule has 0 unspecified atom stereocenters. The van der Waals surface area contributed by atoms with Crippen molar-refractivity contribution < 1.29 is 22.7 Å². The summed E-state index contributed by atoms with van der Waals surface area (Å²) in [5, 5.41) is 0. The molecule has 0 saturated carbocycles. The molecule has 3 rings (SSSR count). The van der Waals surface area contributed by atoms with Gasteiger partial charge >= 0.3 is 6.18 Å². The first-order valence-electron chi connectivity index (χ1n) is 11.2. The highest BCUT2D eigenvalue weighted by Crippen LogP contribution is 2.33. The smallest absolute Gasteiger partial charge is 0.389 e. The Hall–Kier alpha value is -2.02. The molecule has 0 N–H and O–H groups in total. The molecule has 1 fully saturated rings. The normalized spacial score (nSPS) is 19.4. The summed E-state index contributed by atoms with van der Waals surface area (Å²) in [6.07, 6.45) is -0.910. The highest BCUT2D eigenvalue weighted by atomic mass is 19.4. The van der Waals surface area contributed by atoms with Gasteiger partial charge in [-0.05, 0) is 48.4 Å². The Balaban J connectivity index is 1.51. The number of ether oxygens (including phenoxy) is 1. The fraction of sp³-hybridized carbons (Fsp3) is 0.625. The number of carbonyl (C=O) groups is 1. The minimum Gasteiger partial charge on any atom is -0.494 e. The van der Waals surface area contributed by atoms with Gasteiger partial charge in [-0.15, -0.1) is 0 Å². The number of halogens is 3. The maximum Gasteiger partial charge on any atom is 0.389 e. The SMILES string of the molecule is CCCN(C)C(=O)C1CN(CC2=Cc3ccc(OCCCC(F)(F)F)cc3C[C@@H]2C)C1. The van der Waals surface area contributed by atoms with Crippen LogP contribution < -0.4 is 4.74 Å².